The van der Waals surface area contributed by atoms with E-state index in [1.165, 1.54) is 0 Å². The Kier molecular flexibility index (Phi) is 2.20. The summed E-state index contributed by atoms with van der Waals surface area (Å²) in [5.74, 6) is 0.231. The summed E-state index contributed by atoms with van der Waals surface area (Å²) in [5.41, 5.74) is 0.671. The maximum absolute atomic E-state index is 7.75. The van der Waals surface area contributed by atoms with Crippen molar-refractivity contribution >= 4 is 15.9 Å². The molecule has 0 amide bonds. The lowest BCUT2D eigenvalue weighted by atomic mass is 9.96. The van der Waals surface area contributed by atoms with Crippen molar-refractivity contribution in [2.45, 2.75) is 18.8 Å². The molecule has 2 rings (SSSR count). The Balaban J connectivity index is 2.33. The molecule has 0 radical (unpaired) electrons. The molecule has 2 heterocycles. The minimum atomic E-state index is -0.0154. The van der Waals surface area contributed by atoms with Crippen molar-refractivity contribution in [3.8, 4) is 0 Å². The fraction of sp³-hybridized carbons (Fsp3) is 0.556. The first-order valence-corrected chi connectivity index (χ1v) is 5.06. The van der Waals surface area contributed by atoms with Crippen molar-refractivity contribution in [1.82, 2.24) is 9.97 Å². The van der Waals surface area contributed by atoms with Crippen molar-refractivity contribution in [3.63, 3.8) is 0 Å². The molecule has 0 aromatic carbocycles. The van der Waals surface area contributed by atoms with Gasteiger partial charge in [0.25, 0.3) is 0 Å². The summed E-state index contributed by atoms with van der Waals surface area (Å²) in [6.45, 7) is 1.41. The van der Waals surface area contributed by atoms with E-state index in [1.807, 2.05) is 0 Å². The second kappa shape index (κ2) is 4.15. The van der Waals surface area contributed by atoms with Gasteiger partial charge in [-0.25, -0.2) is 9.97 Å². The number of hydrogen-bond donors (Lipinski definition) is 0. The molecule has 0 N–H and O–H groups in total. The standard InChI is InChI=1S/C9H11BrN2O/c10-9-11-4-1-8(12-9)7-2-5-13-6-3-7/h1,4,7H,2-3,5-6H2/i1D,4D. The Labute approximate surface area is 88.5 Å². The van der Waals surface area contributed by atoms with Crippen LogP contribution in [-0.2, 0) is 4.74 Å². The van der Waals surface area contributed by atoms with Gasteiger partial charge in [-0.3, -0.25) is 0 Å². The minimum Gasteiger partial charge on any atom is -0.381 e. The van der Waals surface area contributed by atoms with Gasteiger partial charge in [0.2, 0.25) is 0 Å². The zero-order chi connectivity index (χ0) is 10.8. The topological polar surface area (TPSA) is 35.0 Å². The van der Waals surface area contributed by atoms with E-state index in [0.29, 0.717) is 23.6 Å². The SMILES string of the molecule is [2H]c1nc(Br)nc(C2CCOCC2)c1[2H]. The highest BCUT2D eigenvalue weighted by molar-refractivity contribution is 9.10. The molecule has 0 unspecified atom stereocenters. The first kappa shape index (κ1) is 6.90. The molecule has 3 nitrogen and oxygen atoms in total. The molecule has 1 saturated heterocycles. The summed E-state index contributed by atoms with van der Waals surface area (Å²) in [4.78, 5) is 7.98. The van der Waals surface area contributed by atoms with Gasteiger partial charge in [-0.15, -0.1) is 0 Å². The second-order valence-corrected chi connectivity index (χ2v) is 3.71. The molecular weight excluding hydrogens is 232 g/mol. The predicted molar refractivity (Wildman–Crippen MR) is 52.5 cm³/mol. The molecule has 0 saturated carbocycles. The second-order valence-electron chi connectivity index (χ2n) is 3.00. The van der Waals surface area contributed by atoms with Crippen molar-refractivity contribution in [3.05, 3.63) is 22.6 Å². The Bertz CT molecular complexity index is 369. The Hall–Kier alpha value is -0.480. The van der Waals surface area contributed by atoms with Gasteiger partial charge in [0.05, 0.1) is 2.74 Å². The van der Waals surface area contributed by atoms with E-state index in [0.717, 1.165) is 12.8 Å². The van der Waals surface area contributed by atoms with Gasteiger partial charge in [0.1, 0.15) is 0 Å². The van der Waals surface area contributed by atoms with E-state index < -0.39 is 0 Å². The van der Waals surface area contributed by atoms with Crippen molar-refractivity contribution < 1.29 is 7.48 Å². The number of halogens is 1. The molecule has 1 aromatic heterocycles. The van der Waals surface area contributed by atoms with Gasteiger partial charge < -0.3 is 4.74 Å². The van der Waals surface area contributed by atoms with E-state index in [1.54, 1.807) is 0 Å². The number of hydrogen-bond acceptors (Lipinski definition) is 3. The van der Waals surface area contributed by atoms with Crippen LogP contribution in [0.4, 0.5) is 0 Å². The van der Waals surface area contributed by atoms with Crippen LogP contribution in [0.1, 0.15) is 27.2 Å². The van der Waals surface area contributed by atoms with Crippen LogP contribution in [0.15, 0.2) is 16.9 Å². The maximum atomic E-state index is 7.75. The largest absolute Gasteiger partial charge is 0.381 e. The summed E-state index contributed by atoms with van der Waals surface area (Å²) in [7, 11) is 0. The third-order valence-electron chi connectivity index (χ3n) is 2.15. The molecule has 1 fully saturated rings. The van der Waals surface area contributed by atoms with E-state index in [-0.39, 0.29) is 18.1 Å². The van der Waals surface area contributed by atoms with Crippen LogP contribution in [0.3, 0.4) is 0 Å². The molecule has 0 aliphatic carbocycles. The lowest BCUT2D eigenvalue weighted by molar-refractivity contribution is 0.0844. The third-order valence-corrected chi connectivity index (χ3v) is 2.51. The molecule has 4 heteroatoms. The molecule has 1 aliphatic heterocycles. The molecule has 13 heavy (non-hydrogen) atoms. The lowest BCUT2D eigenvalue weighted by Crippen LogP contribution is -2.15. The number of nitrogens with zero attached hydrogens (tertiary/aromatic N) is 2. The molecule has 0 spiro atoms. The average Bonchev–Trinajstić information content (AvgIpc) is 2.24. The minimum absolute atomic E-state index is 0.0154. The number of rotatable bonds is 1. The summed E-state index contributed by atoms with van der Waals surface area (Å²) >= 11 is 3.16. The fourth-order valence-corrected chi connectivity index (χ4v) is 1.73. The summed E-state index contributed by atoms with van der Waals surface area (Å²) < 4.78 is 20.9. The first-order chi connectivity index (χ1) is 7.18. The lowest BCUT2D eigenvalue weighted by Gasteiger charge is -2.21. The Morgan fingerprint density at radius 1 is 1.54 bits per heavy atom. The van der Waals surface area contributed by atoms with Crippen LogP contribution in [0.25, 0.3) is 0 Å². The van der Waals surface area contributed by atoms with E-state index >= 15 is 0 Å². The quantitative estimate of drug-likeness (QED) is 0.711. The zero-order valence-electron chi connectivity index (χ0n) is 9.09. The third kappa shape index (κ3) is 2.25. The number of aromatic nitrogens is 2. The van der Waals surface area contributed by atoms with E-state index in [9.17, 15) is 0 Å². The first-order valence-electron chi connectivity index (χ1n) is 5.27. The van der Waals surface area contributed by atoms with E-state index in [2.05, 4.69) is 25.9 Å². The van der Waals surface area contributed by atoms with Gasteiger partial charge >= 0.3 is 0 Å². The van der Waals surface area contributed by atoms with Crippen LogP contribution >= 0.6 is 15.9 Å². The summed E-state index contributed by atoms with van der Waals surface area (Å²) in [5, 5.41) is 0. The average molecular weight is 245 g/mol. The van der Waals surface area contributed by atoms with Gasteiger partial charge in [-0.05, 0) is 34.8 Å². The van der Waals surface area contributed by atoms with Gasteiger partial charge in [0, 0.05) is 31.0 Å². The zero-order valence-corrected chi connectivity index (χ0v) is 8.67. The highest BCUT2D eigenvalue weighted by Gasteiger charge is 2.17. The maximum Gasteiger partial charge on any atom is 0.196 e. The molecular formula is C9H11BrN2O. The highest BCUT2D eigenvalue weighted by atomic mass is 79.9. The highest BCUT2D eigenvalue weighted by Crippen LogP contribution is 2.25. The smallest absolute Gasteiger partial charge is 0.196 e. The summed E-state index contributed by atoms with van der Waals surface area (Å²) in [6.07, 6.45) is 1.72. The molecule has 70 valence electrons. The van der Waals surface area contributed by atoms with Crippen LogP contribution in [0.2, 0.25) is 0 Å². The number of ether oxygens (including phenoxy) is 1. The van der Waals surface area contributed by atoms with E-state index in [4.69, 9.17) is 7.48 Å². The Morgan fingerprint density at radius 2 is 2.31 bits per heavy atom. The van der Waals surface area contributed by atoms with Gasteiger partial charge in [-0.2, -0.15) is 0 Å². The van der Waals surface area contributed by atoms with Gasteiger partial charge in [0.15, 0.2) is 4.73 Å². The fourth-order valence-electron chi connectivity index (χ4n) is 1.45. The molecule has 1 aromatic rings. The molecule has 0 atom stereocenters. The van der Waals surface area contributed by atoms with Crippen LogP contribution in [0.5, 0.6) is 0 Å². The monoisotopic (exact) mass is 244 g/mol. The van der Waals surface area contributed by atoms with Crippen molar-refractivity contribution in [2.75, 3.05) is 13.2 Å². The van der Waals surface area contributed by atoms with Crippen molar-refractivity contribution in [2.24, 2.45) is 0 Å². The normalized spacial score (nSPS) is 21.0. The predicted octanol–water partition coefficient (Wildman–Crippen LogP) is 2.13. The Morgan fingerprint density at radius 3 is 3.08 bits per heavy atom. The molecule has 0 bridgehead atoms. The van der Waals surface area contributed by atoms with Crippen molar-refractivity contribution in [1.29, 1.82) is 0 Å². The van der Waals surface area contributed by atoms with Crippen LogP contribution in [0, 0.1) is 0 Å². The van der Waals surface area contributed by atoms with Crippen LogP contribution in [-0.4, -0.2) is 23.2 Å². The van der Waals surface area contributed by atoms with Crippen LogP contribution < -0.4 is 0 Å². The van der Waals surface area contributed by atoms with Gasteiger partial charge in [-0.1, -0.05) is 0 Å². The molecule has 1 aliphatic rings. The summed E-state index contributed by atoms with van der Waals surface area (Å²) in [6, 6.07) is 0.144.